The van der Waals surface area contributed by atoms with E-state index >= 15 is 4.39 Å². The lowest BCUT2D eigenvalue weighted by Crippen LogP contribution is -2.42. The maximum absolute atomic E-state index is 16.6. The molecule has 254 valence electrons. The van der Waals surface area contributed by atoms with Crippen LogP contribution in [-0.4, -0.2) is 58.7 Å². The second-order valence-corrected chi connectivity index (χ2v) is 14.2. The standard InChI is InChI=1S/C34H39FN6O7/c1-18-22(15-38-28-27(18)41(9-10-45-28)31(44)48-33(5,6)7)21-11-19-12-24(39-29(42)46-20-13-34(8,14-20)17-36)37-16-23(19)26(25(21)35)40-30(43)47-32(2,3)4/h11-12,15-16,20H,9-10,13-14H2,1-8H3,(H,40,43)(H,37,39,42). The number of fused-ring (bicyclic) bond motifs is 2. The van der Waals surface area contributed by atoms with Crippen LogP contribution in [0, 0.1) is 29.5 Å². The van der Waals surface area contributed by atoms with E-state index in [0.717, 1.165) is 0 Å². The van der Waals surface area contributed by atoms with Crippen molar-refractivity contribution in [3.8, 4) is 23.1 Å². The van der Waals surface area contributed by atoms with Crippen molar-refractivity contribution in [2.24, 2.45) is 5.41 Å². The number of pyridine rings is 2. The maximum atomic E-state index is 16.6. The first kappa shape index (κ1) is 34.2. The van der Waals surface area contributed by atoms with Gasteiger partial charge in [0.25, 0.3) is 0 Å². The fraction of sp³-hybridized carbons (Fsp3) is 0.471. The molecule has 1 saturated carbocycles. The molecule has 0 spiro atoms. The molecule has 13 nitrogen and oxygen atoms in total. The smallest absolute Gasteiger partial charge is 0.415 e. The second-order valence-electron chi connectivity index (χ2n) is 14.2. The molecule has 48 heavy (non-hydrogen) atoms. The molecule has 2 N–H and O–H groups in total. The molecule has 5 rings (SSSR count). The van der Waals surface area contributed by atoms with Gasteiger partial charge in [0.15, 0.2) is 5.82 Å². The Balaban J connectivity index is 1.56. The van der Waals surface area contributed by atoms with Crippen molar-refractivity contribution in [2.45, 2.75) is 85.5 Å². The number of nitrogens with zero attached hydrogens (tertiary/aromatic N) is 4. The lowest BCUT2D eigenvalue weighted by molar-refractivity contribution is 0.00134. The molecule has 14 heteroatoms. The zero-order valence-corrected chi connectivity index (χ0v) is 28.2. The predicted octanol–water partition coefficient (Wildman–Crippen LogP) is 7.47. The van der Waals surface area contributed by atoms with Crippen molar-refractivity contribution in [2.75, 3.05) is 28.7 Å². The number of aromatic nitrogens is 2. The van der Waals surface area contributed by atoms with Crippen LogP contribution in [0.3, 0.4) is 0 Å². The van der Waals surface area contributed by atoms with Gasteiger partial charge < -0.3 is 18.9 Å². The van der Waals surface area contributed by atoms with E-state index in [1.807, 2.05) is 0 Å². The number of benzene rings is 1. The van der Waals surface area contributed by atoms with E-state index in [2.05, 4.69) is 26.7 Å². The van der Waals surface area contributed by atoms with Crippen LogP contribution in [0.5, 0.6) is 5.88 Å². The van der Waals surface area contributed by atoms with Crippen LogP contribution in [-0.2, 0) is 14.2 Å². The lowest BCUT2D eigenvalue weighted by Gasteiger charge is -2.38. The monoisotopic (exact) mass is 662 g/mol. The number of hydrogen-bond donors (Lipinski definition) is 2. The highest BCUT2D eigenvalue weighted by molar-refractivity contribution is 6.05. The van der Waals surface area contributed by atoms with Gasteiger partial charge in [-0.05, 0) is 78.5 Å². The van der Waals surface area contributed by atoms with E-state index in [1.165, 1.54) is 29.4 Å². The molecule has 2 aliphatic rings. The summed E-state index contributed by atoms with van der Waals surface area (Å²) in [7, 11) is 0. The van der Waals surface area contributed by atoms with Gasteiger partial charge in [0.05, 0.1) is 23.7 Å². The molecule has 3 amide bonds. The van der Waals surface area contributed by atoms with Gasteiger partial charge in [0.2, 0.25) is 5.88 Å². The number of hydrogen-bond acceptors (Lipinski definition) is 10. The van der Waals surface area contributed by atoms with Gasteiger partial charge in [-0.15, -0.1) is 0 Å². The average Bonchev–Trinajstić information content (AvgIpc) is 2.96. The minimum atomic E-state index is -0.889. The second kappa shape index (κ2) is 12.4. The Kier molecular flexibility index (Phi) is 8.85. The van der Waals surface area contributed by atoms with Gasteiger partial charge in [-0.2, -0.15) is 5.26 Å². The highest BCUT2D eigenvalue weighted by atomic mass is 19.1. The summed E-state index contributed by atoms with van der Waals surface area (Å²) in [6.45, 7) is 14.2. The molecule has 0 atom stereocenters. The van der Waals surface area contributed by atoms with Crippen LogP contribution in [0.25, 0.3) is 21.9 Å². The summed E-state index contributed by atoms with van der Waals surface area (Å²) in [6, 6.07) is 5.26. The SMILES string of the molecule is Cc1c(-c2cc3cc(NC(=O)OC4CC(C)(C#N)C4)ncc3c(NC(=O)OC(C)(C)C)c2F)cnc2c1N(C(=O)OC(C)(C)C)CCO2. The number of anilines is 3. The summed E-state index contributed by atoms with van der Waals surface area (Å²) in [5.74, 6) is -0.496. The Bertz CT molecular complexity index is 1840. The third-order valence-corrected chi connectivity index (χ3v) is 7.72. The first-order valence-corrected chi connectivity index (χ1v) is 15.5. The summed E-state index contributed by atoms with van der Waals surface area (Å²) in [5, 5.41) is 15.0. The first-order valence-electron chi connectivity index (χ1n) is 15.5. The number of carbonyl (C=O) groups excluding carboxylic acids is 3. The summed E-state index contributed by atoms with van der Waals surface area (Å²) in [5.41, 5.74) is -1.19. The lowest BCUT2D eigenvalue weighted by atomic mass is 9.69. The average molecular weight is 663 g/mol. The van der Waals surface area contributed by atoms with Crippen molar-refractivity contribution >= 4 is 46.2 Å². The summed E-state index contributed by atoms with van der Waals surface area (Å²) in [4.78, 5) is 48.8. The molecule has 1 aliphatic heterocycles. The van der Waals surface area contributed by atoms with Gasteiger partial charge >= 0.3 is 18.3 Å². The molecule has 3 heterocycles. The van der Waals surface area contributed by atoms with Gasteiger partial charge in [0.1, 0.15) is 35.4 Å². The van der Waals surface area contributed by atoms with Gasteiger partial charge in [-0.25, -0.2) is 28.7 Å². The van der Waals surface area contributed by atoms with Crippen molar-refractivity contribution < 1.29 is 37.7 Å². The van der Waals surface area contributed by atoms with Gasteiger partial charge in [0, 0.05) is 41.7 Å². The number of halogens is 1. The van der Waals surface area contributed by atoms with Crippen LogP contribution in [0.4, 0.5) is 36.0 Å². The zero-order chi connectivity index (χ0) is 35.2. The Morgan fingerprint density at radius 2 is 1.71 bits per heavy atom. The highest BCUT2D eigenvalue weighted by Crippen LogP contribution is 2.43. The molecule has 0 radical (unpaired) electrons. The fourth-order valence-electron chi connectivity index (χ4n) is 5.58. The highest BCUT2D eigenvalue weighted by Gasteiger charge is 2.43. The Morgan fingerprint density at radius 3 is 2.35 bits per heavy atom. The first-order chi connectivity index (χ1) is 22.4. The summed E-state index contributed by atoms with van der Waals surface area (Å²) in [6.07, 6.45) is 0.955. The maximum Gasteiger partial charge on any atom is 0.415 e. The molecule has 2 aromatic heterocycles. The quantitative estimate of drug-likeness (QED) is 0.268. The number of nitrogens with one attached hydrogen (secondary N) is 2. The van der Waals surface area contributed by atoms with E-state index in [1.54, 1.807) is 55.4 Å². The number of amides is 3. The van der Waals surface area contributed by atoms with Gasteiger partial charge in [-0.1, -0.05) is 0 Å². The van der Waals surface area contributed by atoms with Gasteiger partial charge in [-0.3, -0.25) is 15.5 Å². The van der Waals surface area contributed by atoms with Crippen LogP contribution in [0.2, 0.25) is 0 Å². The Labute approximate surface area is 277 Å². The van der Waals surface area contributed by atoms with Crippen molar-refractivity contribution in [1.82, 2.24) is 9.97 Å². The minimum Gasteiger partial charge on any atom is -0.474 e. The molecular formula is C34H39FN6O7. The number of ether oxygens (including phenoxy) is 4. The third-order valence-electron chi connectivity index (χ3n) is 7.72. The third kappa shape index (κ3) is 7.35. The molecule has 1 fully saturated rings. The van der Waals surface area contributed by atoms with E-state index < -0.39 is 46.8 Å². The fourth-order valence-corrected chi connectivity index (χ4v) is 5.58. The summed E-state index contributed by atoms with van der Waals surface area (Å²) >= 11 is 0. The van der Waals surface area contributed by atoms with Crippen LogP contribution in [0.1, 0.15) is 66.9 Å². The normalized spacial score (nSPS) is 18.8. The molecule has 0 saturated heterocycles. The largest absolute Gasteiger partial charge is 0.474 e. The van der Waals surface area contributed by atoms with Crippen molar-refractivity contribution in [3.63, 3.8) is 0 Å². The van der Waals surface area contributed by atoms with Crippen molar-refractivity contribution in [3.05, 3.63) is 35.9 Å². The number of nitriles is 1. The zero-order valence-electron chi connectivity index (χ0n) is 28.2. The number of rotatable bonds is 4. The predicted molar refractivity (Wildman–Crippen MR) is 175 cm³/mol. The van der Waals surface area contributed by atoms with E-state index in [4.69, 9.17) is 18.9 Å². The number of carbonyl (C=O) groups is 3. The Hall–Kier alpha value is -5.19. The molecular weight excluding hydrogens is 623 g/mol. The molecule has 1 aliphatic carbocycles. The molecule has 0 unspecified atom stereocenters. The van der Waals surface area contributed by atoms with E-state index in [9.17, 15) is 19.6 Å². The van der Waals surface area contributed by atoms with Crippen molar-refractivity contribution in [1.29, 1.82) is 5.26 Å². The van der Waals surface area contributed by atoms with Crippen LogP contribution in [0.15, 0.2) is 24.5 Å². The molecule has 0 bridgehead atoms. The summed E-state index contributed by atoms with van der Waals surface area (Å²) < 4.78 is 38.8. The molecule has 1 aromatic carbocycles. The van der Waals surface area contributed by atoms with E-state index in [-0.39, 0.29) is 41.5 Å². The Morgan fingerprint density at radius 1 is 1.02 bits per heavy atom. The van der Waals surface area contributed by atoms with Crippen LogP contribution < -0.4 is 20.3 Å². The minimum absolute atomic E-state index is 0.0426. The van der Waals surface area contributed by atoms with E-state index in [0.29, 0.717) is 35.0 Å². The topological polar surface area (TPSA) is 165 Å². The molecule has 3 aromatic rings. The van der Waals surface area contributed by atoms with Crippen LogP contribution >= 0.6 is 0 Å².